The summed E-state index contributed by atoms with van der Waals surface area (Å²) in [7, 11) is 0. The Morgan fingerprint density at radius 3 is 2.73 bits per heavy atom. The van der Waals surface area contributed by atoms with Crippen LogP contribution >= 0.6 is 27.5 Å². The van der Waals surface area contributed by atoms with E-state index in [1.165, 1.54) is 0 Å². The summed E-state index contributed by atoms with van der Waals surface area (Å²) in [6.45, 7) is 1.62. The first-order chi connectivity index (χ1) is 10.5. The quantitative estimate of drug-likeness (QED) is 0.613. The Morgan fingerprint density at radius 1 is 1.32 bits per heavy atom. The van der Waals surface area contributed by atoms with Crippen LogP contribution in [-0.4, -0.2) is 18.2 Å². The third-order valence-electron chi connectivity index (χ3n) is 2.75. The molecule has 0 radical (unpaired) electrons. The van der Waals surface area contributed by atoms with Gasteiger partial charge in [-0.25, -0.2) is 0 Å². The third kappa shape index (κ3) is 5.16. The number of hydrogen-bond acceptors (Lipinski definition) is 3. The van der Waals surface area contributed by atoms with E-state index in [2.05, 4.69) is 26.4 Å². The highest BCUT2D eigenvalue weighted by Crippen LogP contribution is 2.15. The van der Waals surface area contributed by atoms with Crippen LogP contribution in [0, 0.1) is 0 Å². The van der Waals surface area contributed by atoms with Crippen molar-refractivity contribution in [1.29, 1.82) is 0 Å². The lowest BCUT2D eigenvalue weighted by Gasteiger charge is -2.10. The highest BCUT2D eigenvalue weighted by atomic mass is 79.9. The van der Waals surface area contributed by atoms with E-state index in [1.54, 1.807) is 37.4 Å². The number of nitrogens with zero attached hydrogens (tertiary/aromatic N) is 1. The molecule has 1 amide bonds. The fourth-order valence-electron chi connectivity index (χ4n) is 1.59. The molecule has 0 bridgehead atoms. The van der Waals surface area contributed by atoms with E-state index >= 15 is 0 Å². The normalized spacial score (nSPS) is 12.1. The minimum absolute atomic E-state index is 0.296. The molecule has 0 aliphatic carbocycles. The molecule has 22 heavy (non-hydrogen) atoms. The summed E-state index contributed by atoms with van der Waals surface area (Å²) in [5.74, 6) is -0.296. The molecule has 0 aliphatic rings. The van der Waals surface area contributed by atoms with Crippen molar-refractivity contribution in [1.82, 2.24) is 0 Å². The van der Waals surface area contributed by atoms with E-state index in [9.17, 15) is 4.79 Å². The molecule has 2 aromatic carbocycles. The fourth-order valence-corrected chi connectivity index (χ4v) is 2.04. The van der Waals surface area contributed by atoms with Gasteiger partial charge in [0.05, 0.1) is 6.21 Å². The maximum Gasteiger partial charge on any atom is 0.267 e. The number of hydrogen-bond donors (Lipinski definition) is 1. The molecule has 0 aromatic heterocycles. The van der Waals surface area contributed by atoms with Gasteiger partial charge in [0.15, 0.2) is 0 Å². The van der Waals surface area contributed by atoms with Gasteiger partial charge < -0.3 is 10.2 Å². The smallest absolute Gasteiger partial charge is 0.267 e. The second-order valence-electron chi connectivity index (χ2n) is 4.53. The van der Waals surface area contributed by atoms with Crippen LogP contribution in [0.5, 0.6) is 0 Å². The Balaban J connectivity index is 1.87. The van der Waals surface area contributed by atoms with Crippen molar-refractivity contribution >= 4 is 45.3 Å². The molecule has 0 saturated heterocycles. The maximum absolute atomic E-state index is 12.0. The topological polar surface area (TPSA) is 50.7 Å². The van der Waals surface area contributed by atoms with Crippen LogP contribution in [0.1, 0.15) is 12.5 Å². The molecule has 0 aliphatic heterocycles. The van der Waals surface area contributed by atoms with E-state index in [0.29, 0.717) is 10.7 Å². The molecule has 0 fully saturated rings. The van der Waals surface area contributed by atoms with Gasteiger partial charge in [-0.05, 0) is 42.8 Å². The van der Waals surface area contributed by atoms with Crippen LogP contribution in [0.3, 0.4) is 0 Å². The van der Waals surface area contributed by atoms with Gasteiger partial charge >= 0.3 is 0 Å². The summed E-state index contributed by atoms with van der Waals surface area (Å²) in [5, 5.41) is 7.09. The van der Waals surface area contributed by atoms with Crippen LogP contribution in [0.4, 0.5) is 5.69 Å². The summed E-state index contributed by atoms with van der Waals surface area (Å²) in [6, 6.07) is 14.5. The van der Waals surface area contributed by atoms with Gasteiger partial charge in [0, 0.05) is 15.2 Å². The second-order valence-corrected chi connectivity index (χ2v) is 5.89. The van der Waals surface area contributed by atoms with Crippen LogP contribution < -0.4 is 5.32 Å². The summed E-state index contributed by atoms with van der Waals surface area (Å²) < 4.78 is 0.986. The SMILES string of the molecule is C[C@@H](O/N=C\c1ccc(Br)cc1)C(=O)Nc1cccc(Cl)c1. The van der Waals surface area contributed by atoms with Crippen LogP contribution in [0.15, 0.2) is 58.2 Å². The average Bonchev–Trinajstić information content (AvgIpc) is 2.49. The van der Waals surface area contributed by atoms with Gasteiger partial charge in [0.25, 0.3) is 5.91 Å². The molecule has 0 saturated carbocycles. The largest absolute Gasteiger partial charge is 0.383 e. The lowest BCUT2D eigenvalue weighted by molar-refractivity contribution is -0.126. The zero-order chi connectivity index (χ0) is 15.9. The van der Waals surface area contributed by atoms with Gasteiger partial charge in [-0.2, -0.15) is 0 Å². The van der Waals surface area contributed by atoms with Crippen LogP contribution in [0.2, 0.25) is 5.02 Å². The van der Waals surface area contributed by atoms with Crippen LogP contribution in [-0.2, 0) is 9.63 Å². The van der Waals surface area contributed by atoms with Crippen LogP contribution in [0.25, 0.3) is 0 Å². The highest BCUT2D eigenvalue weighted by molar-refractivity contribution is 9.10. The van der Waals surface area contributed by atoms with Crippen molar-refractivity contribution < 1.29 is 9.63 Å². The molecular weight excluding hydrogens is 368 g/mol. The van der Waals surface area contributed by atoms with Gasteiger partial charge in [0.2, 0.25) is 6.10 Å². The first-order valence-corrected chi connectivity index (χ1v) is 7.73. The standard InChI is InChI=1S/C16H14BrClN2O2/c1-11(16(21)20-15-4-2-3-14(18)9-15)22-19-10-12-5-7-13(17)8-6-12/h2-11H,1H3,(H,20,21)/b19-10-/t11-/m1/s1. The van der Waals surface area contributed by atoms with Gasteiger partial charge in [-0.15, -0.1) is 0 Å². The Bertz CT molecular complexity index is 674. The number of oxime groups is 1. The molecule has 2 rings (SSSR count). The predicted molar refractivity (Wildman–Crippen MR) is 92.4 cm³/mol. The van der Waals surface area contributed by atoms with Crippen molar-refractivity contribution in [3.8, 4) is 0 Å². The molecular formula is C16H14BrClN2O2. The first kappa shape index (κ1) is 16.5. The van der Waals surface area contributed by atoms with Gasteiger partial charge in [-0.3, -0.25) is 4.79 Å². The lowest BCUT2D eigenvalue weighted by Crippen LogP contribution is -2.26. The third-order valence-corrected chi connectivity index (χ3v) is 3.52. The molecule has 0 unspecified atom stereocenters. The summed E-state index contributed by atoms with van der Waals surface area (Å²) in [6.07, 6.45) is 0.834. The number of rotatable bonds is 5. The van der Waals surface area contributed by atoms with E-state index in [4.69, 9.17) is 16.4 Å². The molecule has 6 heteroatoms. The monoisotopic (exact) mass is 380 g/mol. The molecule has 2 aromatic rings. The Morgan fingerprint density at radius 2 is 2.05 bits per heavy atom. The van der Waals surface area contributed by atoms with E-state index in [-0.39, 0.29) is 5.91 Å². The number of carbonyl (C=O) groups is 1. The van der Waals surface area contributed by atoms with E-state index < -0.39 is 6.10 Å². The number of halogens is 2. The van der Waals surface area contributed by atoms with Crippen molar-refractivity contribution in [3.63, 3.8) is 0 Å². The molecule has 0 spiro atoms. The lowest BCUT2D eigenvalue weighted by atomic mass is 10.2. The minimum atomic E-state index is -0.717. The average molecular weight is 382 g/mol. The van der Waals surface area contributed by atoms with Crippen molar-refractivity contribution in [2.45, 2.75) is 13.0 Å². The molecule has 1 N–H and O–H groups in total. The minimum Gasteiger partial charge on any atom is -0.383 e. The zero-order valence-corrected chi connectivity index (χ0v) is 14.1. The number of benzene rings is 2. The Labute approximate surface area is 142 Å². The Kier molecular flexibility index (Phi) is 5.98. The molecule has 0 heterocycles. The van der Waals surface area contributed by atoms with E-state index in [0.717, 1.165) is 10.0 Å². The highest BCUT2D eigenvalue weighted by Gasteiger charge is 2.14. The van der Waals surface area contributed by atoms with Gasteiger partial charge in [-0.1, -0.05) is 50.9 Å². The molecule has 114 valence electrons. The number of amides is 1. The molecule has 1 atom stereocenters. The molecule has 4 nitrogen and oxygen atoms in total. The second kappa shape index (κ2) is 7.96. The number of carbonyl (C=O) groups excluding carboxylic acids is 1. The first-order valence-electron chi connectivity index (χ1n) is 6.56. The maximum atomic E-state index is 12.0. The predicted octanol–water partition coefficient (Wildman–Crippen LogP) is 4.48. The summed E-state index contributed by atoms with van der Waals surface area (Å²) in [5.41, 5.74) is 1.50. The van der Waals surface area contributed by atoms with Crippen molar-refractivity contribution in [2.24, 2.45) is 5.16 Å². The fraction of sp³-hybridized carbons (Fsp3) is 0.125. The van der Waals surface area contributed by atoms with Gasteiger partial charge in [0.1, 0.15) is 0 Å². The summed E-state index contributed by atoms with van der Waals surface area (Å²) in [4.78, 5) is 17.1. The van der Waals surface area contributed by atoms with E-state index in [1.807, 2.05) is 24.3 Å². The summed E-state index contributed by atoms with van der Waals surface area (Å²) >= 11 is 9.22. The van der Waals surface area contributed by atoms with Crippen molar-refractivity contribution in [2.75, 3.05) is 5.32 Å². The zero-order valence-electron chi connectivity index (χ0n) is 11.8. The van der Waals surface area contributed by atoms with Crippen molar-refractivity contribution in [3.05, 3.63) is 63.6 Å². The Hall–Kier alpha value is -1.85. The number of anilines is 1. The number of nitrogens with one attached hydrogen (secondary N) is 1.